The van der Waals surface area contributed by atoms with E-state index < -0.39 is 0 Å². The molecule has 1 aliphatic rings. The summed E-state index contributed by atoms with van der Waals surface area (Å²) in [5, 5.41) is 0. The highest BCUT2D eigenvalue weighted by Crippen LogP contribution is 2.30. The molecule has 0 saturated heterocycles. The highest BCUT2D eigenvalue weighted by Gasteiger charge is 2.27. The van der Waals surface area contributed by atoms with Crippen LogP contribution >= 0.6 is 0 Å². The molecule has 4 heteroatoms. The summed E-state index contributed by atoms with van der Waals surface area (Å²) in [7, 11) is 1.61. The number of hydrogen-bond donors (Lipinski definition) is 0. The van der Waals surface area contributed by atoms with Gasteiger partial charge >= 0.3 is 0 Å². The number of allylic oxidation sites excluding steroid dienone is 1. The third-order valence-corrected chi connectivity index (χ3v) is 3.51. The Morgan fingerprint density at radius 2 is 2.00 bits per heavy atom. The largest absolute Gasteiger partial charge is 0.493 e. The Bertz CT molecular complexity index is 680. The van der Waals surface area contributed by atoms with Gasteiger partial charge < -0.3 is 13.9 Å². The molecule has 0 N–H and O–H groups in total. The van der Waals surface area contributed by atoms with Crippen molar-refractivity contribution in [1.82, 2.24) is 0 Å². The predicted molar refractivity (Wildman–Crippen MR) is 82.8 cm³/mol. The van der Waals surface area contributed by atoms with E-state index in [0.717, 1.165) is 12.8 Å². The lowest BCUT2D eigenvalue weighted by molar-refractivity contribution is -0.115. The van der Waals surface area contributed by atoms with Gasteiger partial charge in [-0.3, -0.25) is 4.79 Å². The van der Waals surface area contributed by atoms with E-state index in [9.17, 15) is 4.79 Å². The first-order valence-corrected chi connectivity index (χ1v) is 7.32. The first kappa shape index (κ1) is 14.4. The quantitative estimate of drug-likeness (QED) is 0.728. The number of ketones is 1. The maximum atomic E-state index is 11.6. The lowest BCUT2D eigenvalue weighted by Gasteiger charge is -2.08. The van der Waals surface area contributed by atoms with E-state index in [0.29, 0.717) is 29.6 Å². The van der Waals surface area contributed by atoms with E-state index in [-0.39, 0.29) is 11.7 Å². The zero-order valence-electron chi connectivity index (χ0n) is 12.5. The van der Waals surface area contributed by atoms with Gasteiger partial charge in [0.15, 0.2) is 17.3 Å². The lowest BCUT2D eigenvalue weighted by Crippen LogP contribution is -1.96. The van der Waals surface area contributed by atoms with Crippen molar-refractivity contribution in [1.29, 1.82) is 0 Å². The molecule has 1 heterocycles. The number of hydrogen-bond acceptors (Lipinski definition) is 4. The Morgan fingerprint density at radius 1 is 1.23 bits per heavy atom. The molecule has 0 unspecified atom stereocenters. The maximum absolute atomic E-state index is 11.6. The molecule has 2 aromatic rings. The summed E-state index contributed by atoms with van der Waals surface area (Å²) in [6.45, 7) is 0.310. The lowest BCUT2D eigenvalue weighted by atomic mass is 10.2. The Balaban J connectivity index is 1.58. The fourth-order valence-corrected chi connectivity index (χ4v) is 2.12. The summed E-state index contributed by atoms with van der Waals surface area (Å²) in [6, 6.07) is 11.1. The van der Waals surface area contributed by atoms with Gasteiger partial charge in [0.25, 0.3) is 0 Å². The number of para-hydroxylation sites is 2. The number of carbonyl (C=O) groups excluding carboxylic acids is 1. The van der Waals surface area contributed by atoms with Crippen LogP contribution < -0.4 is 9.47 Å². The van der Waals surface area contributed by atoms with Crippen molar-refractivity contribution in [3.8, 4) is 11.5 Å². The zero-order chi connectivity index (χ0) is 15.4. The molecule has 22 heavy (non-hydrogen) atoms. The van der Waals surface area contributed by atoms with E-state index >= 15 is 0 Å². The molecule has 0 bridgehead atoms. The van der Waals surface area contributed by atoms with Crippen LogP contribution in [-0.4, -0.2) is 12.9 Å². The van der Waals surface area contributed by atoms with Crippen LogP contribution in [0.15, 0.2) is 46.9 Å². The van der Waals surface area contributed by atoms with Gasteiger partial charge in [-0.1, -0.05) is 12.1 Å². The van der Waals surface area contributed by atoms with Gasteiger partial charge in [-0.05, 0) is 49.3 Å². The summed E-state index contributed by atoms with van der Waals surface area (Å²) in [5.41, 5.74) is 0. The zero-order valence-corrected chi connectivity index (χ0v) is 12.5. The van der Waals surface area contributed by atoms with Crippen LogP contribution in [0.1, 0.15) is 24.4 Å². The van der Waals surface area contributed by atoms with Crippen molar-refractivity contribution < 1.29 is 18.7 Å². The normalized spacial score (nSPS) is 14.2. The van der Waals surface area contributed by atoms with Crippen LogP contribution in [-0.2, 0) is 11.4 Å². The maximum Gasteiger partial charge on any atom is 0.161 e. The van der Waals surface area contributed by atoms with Gasteiger partial charge in [0.1, 0.15) is 18.1 Å². The Kier molecular flexibility index (Phi) is 4.28. The van der Waals surface area contributed by atoms with Gasteiger partial charge in [-0.25, -0.2) is 0 Å². The predicted octanol–water partition coefficient (Wildman–Crippen LogP) is 3.86. The molecule has 114 valence electrons. The van der Waals surface area contributed by atoms with Crippen molar-refractivity contribution in [2.24, 2.45) is 5.92 Å². The van der Waals surface area contributed by atoms with Gasteiger partial charge in [0.05, 0.1) is 7.11 Å². The number of methoxy groups -OCH3 is 1. The van der Waals surface area contributed by atoms with Crippen molar-refractivity contribution in [2.75, 3.05) is 7.11 Å². The van der Waals surface area contributed by atoms with E-state index in [2.05, 4.69) is 0 Å². The van der Waals surface area contributed by atoms with E-state index in [1.165, 1.54) is 0 Å². The summed E-state index contributed by atoms with van der Waals surface area (Å²) >= 11 is 0. The molecule has 0 radical (unpaired) electrons. The third kappa shape index (κ3) is 3.58. The second kappa shape index (κ2) is 6.52. The van der Waals surface area contributed by atoms with Crippen molar-refractivity contribution in [3.63, 3.8) is 0 Å². The van der Waals surface area contributed by atoms with E-state index in [1.54, 1.807) is 19.3 Å². The number of rotatable bonds is 7. The minimum atomic E-state index is 0.184. The molecule has 0 amide bonds. The summed E-state index contributed by atoms with van der Waals surface area (Å²) in [4.78, 5) is 11.6. The van der Waals surface area contributed by atoms with Crippen molar-refractivity contribution >= 4 is 11.9 Å². The molecule has 4 nitrogen and oxygen atoms in total. The molecule has 0 spiro atoms. The van der Waals surface area contributed by atoms with Crippen LogP contribution in [0.3, 0.4) is 0 Å². The van der Waals surface area contributed by atoms with Gasteiger partial charge in [0, 0.05) is 5.92 Å². The van der Waals surface area contributed by atoms with E-state index in [4.69, 9.17) is 13.9 Å². The number of ether oxygens (including phenoxy) is 2. The molecule has 1 aromatic carbocycles. The highest BCUT2D eigenvalue weighted by molar-refractivity contribution is 5.96. The molecule has 1 saturated carbocycles. The van der Waals surface area contributed by atoms with Crippen LogP contribution in [0.25, 0.3) is 6.08 Å². The molecular formula is C18H18O4. The smallest absolute Gasteiger partial charge is 0.161 e. The number of benzene rings is 1. The summed E-state index contributed by atoms with van der Waals surface area (Å²) in [6.07, 6.45) is 5.34. The first-order chi connectivity index (χ1) is 10.8. The van der Waals surface area contributed by atoms with Gasteiger partial charge in [0.2, 0.25) is 0 Å². The molecule has 0 atom stereocenters. The van der Waals surface area contributed by atoms with Gasteiger partial charge in [-0.15, -0.1) is 0 Å². The van der Waals surface area contributed by atoms with Crippen molar-refractivity contribution in [2.45, 2.75) is 19.4 Å². The molecule has 0 aliphatic heterocycles. The minimum Gasteiger partial charge on any atom is -0.493 e. The monoisotopic (exact) mass is 298 g/mol. The molecular weight excluding hydrogens is 280 g/mol. The standard InChI is InChI=1S/C18H18O4/c1-20-17-4-2-3-5-18(17)21-12-15-9-8-14(22-15)10-11-16(19)13-6-7-13/h2-5,8-11,13H,6-7,12H2,1H3/b11-10+. The topological polar surface area (TPSA) is 48.7 Å². The molecule has 1 aromatic heterocycles. The average molecular weight is 298 g/mol. The Morgan fingerprint density at radius 3 is 2.73 bits per heavy atom. The molecule has 1 aliphatic carbocycles. The Hall–Kier alpha value is -2.49. The third-order valence-electron chi connectivity index (χ3n) is 3.51. The average Bonchev–Trinajstić information content (AvgIpc) is 3.31. The molecule has 1 fully saturated rings. The second-order valence-electron chi connectivity index (χ2n) is 5.25. The minimum absolute atomic E-state index is 0.184. The van der Waals surface area contributed by atoms with Crippen LogP contribution in [0, 0.1) is 5.92 Å². The van der Waals surface area contributed by atoms with Crippen LogP contribution in [0.2, 0.25) is 0 Å². The molecule has 3 rings (SSSR count). The fraction of sp³-hybridized carbons (Fsp3) is 0.278. The number of furan rings is 1. The highest BCUT2D eigenvalue weighted by atomic mass is 16.5. The van der Waals surface area contributed by atoms with E-state index in [1.807, 2.05) is 36.4 Å². The van der Waals surface area contributed by atoms with Crippen LogP contribution in [0.4, 0.5) is 0 Å². The van der Waals surface area contributed by atoms with Crippen molar-refractivity contribution in [3.05, 3.63) is 54.0 Å². The van der Waals surface area contributed by atoms with Crippen LogP contribution in [0.5, 0.6) is 11.5 Å². The first-order valence-electron chi connectivity index (χ1n) is 7.32. The number of carbonyl (C=O) groups is 1. The second-order valence-corrected chi connectivity index (χ2v) is 5.25. The summed E-state index contributed by atoms with van der Waals surface area (Å²) < 4.78 is 16.5. The fourth-order valence-electron chi connectivity index (χ4n) is 2.12. The SMILES string of the molecule is COc1ccccc1OCc1ccc(/C=C/C(=O)C2CC2)o1. The Labute approximate surface area is 129 Å². The summed E-state index contributed by atoms with van der Waals surface area (Å²) in [5.74, 6) is 3.13. The van der Waals surface area contributed by atoms with Gasteiger partial charge in [-0.2, -0.15) is 0 Å².